The summed E-state index contributed by atoms with van der Waals surface area (Å²) in [6.07, 6.45) is 1.15. The topological polar surface area (TPSA) is 56.0 Å². The molecule has 0 bridgehead atoms. The van der Waals surface area contributed by atoms with Gasteiger partial charge in [-0.1, -0.05) is 34.8 Å². The van der Waals surface area contributed by atoms with Crippen molar-refractivity contribution in [1.82, 2.24) is 4.98 Å². The first-order valence-electron chi connectivity index (χ1n) is 2.68. The molecular formula is C5HCl3N2O2. The Morgan fingerprint density at radius 2 is 2.00 bits per heavy atom. The molecule has 0 saturated carbocycles. The molecule has 0 atom stereocenters. The molecule has 4 nitrogen and oxygen atoms in total. The van der Waals surface area contributed by atoms with Gasteiger partial charge in [-0.3, -0.25) is 10.1 Å². The van der Waals surface area contributed by atoms with Gasteiger partial charge in [-0.05, 0) is 0 Å². The number of aromatic nitrogens is 1. The van der Waals surface area contributed by atoms with Gasteiger partial charge in [0.1, 0.15) is 5.02 Å². The lowest BCUT2D eigenvalue weighted by Gasteiger charge is -1.97. The molecular weight excluding hydrogens is 226 g/mol. The Bertz CT molecular complexity index is 342. The molecule has 12 heavy (non-hydrogen) atoms. The number of pyridine rings is 1. The predicted molar refractivity (Wildman–Crippen MR) is 45.9 cm³/mol. The minimum atomic E-state index is -0.733. The van der Waals surface area contributed by atoms with E-state index in [1.165, 1.54) is 0 Å². The van der Waals surface area contributed by atoms with Gasteiger partial charge in [0.15, 0.2) is 0 Å². The molecule has 0 fully saturated rings. The van der Waals surface area contributed by atoms with E-state index in [9.17, 15) is 10.1 Å². The van der Waals surface area contributed by atoms with Crippen LogP contribution < -0.4 is 0 Å². The van der Waals surface area contributed by atoms with Crippen molar-refractivity contribution in [1.29, 1.82) is 0 Å². The third kappa shape index (κ3) is 1.60. The molecule has 1 rings (SSSR count). The SMILES string of the molecule is O=[N+]([O-])c1c(Cl)ncc(Cl)c1Cl. The average molecular weight is 227 g/mol. The second-order valence-corrected chi connectivity index (χ2v) is 2.96. The Balaban J connectivity index is 3.43. The second-order valence-electron chi connectivity index (χ2n) is 1.82. The van der Waals surface area contributed by atoms with Gasteiger partial charge in [-0.2, -0.15) is 0 Å². The van der Waals surface area contributed by atoms with E-state index in [0.717, 1.165) is 6.20 Å². The molecule has 0 saturated heterocycles. The first kappa shape index (κ1) is 9.51. The van der Waals surface area contributed by atoms with Crippen molar-refractivity contribution < 1.29 is 4.92 Å². The van der Waals surface area contributed by atoms with E-state index >= 15 is 0 Å². The lowest BCUT2D eigenvalue weighted by Crippen LogP contribution is -1.92. The molecule has 1 aromatic rings. The third-order valence-electron chi connectivity index (χ3n) is 1.09. The summed E-state index contributed by atoms with van der Waals surface area (Å²) in [5, 5.41) is 9.88. The van der Waals surface area contributed by atoms with Crippen molar-refractivity contribution in [3.8, 4) is 0 Å². The summed E-state index contributed by atoms with van der Waals surface area (Å²) in [6.45, 7) is 0. The van der Waals surface area contributed by atoms with E-state index in [0.29, 0.717) is 0 Å². The van der Waals surface area contributed by atoms with E-state index in [1.54, 1.807) is 0 Å². The fourth-order valence-electron chi connectivity index (χ4n) is 0.590. The monoisotopic (exact) mass is 226 g/mol. The van der Waals surface area contributed by atoms with E-state index in [-0.39, 0.29) is 15.2 Å². The predicted octanol–water partition coefficient (Wildman–Crippen LogP) is 2.95. The van der Waals surface area contributed by atoms with E-state index in [4.69, 9.17) is 34.8 Å². The van der Waals surface area contributed by atoms with Crippen molar-refractivity contribution in [2.24, 2.45) is 0 Å². The van der Waals surface area contributed by atoms with Crippen molar-refractivity contribution in [3.63, 3.8) is 0 Å². The van der Waals surface area contributed by atoms with Crippen LogP contribution in [0, 0.1) is 10.1 Å². The molecule has 7 heteroatoms. The number of rotatable bonds is 1. The van der Waals surface area contributed by atoms with Gasteiger partial charge >= 0.3 is 5.69 Å². The molecule has 1 aromatic heterocycles. The average Bonchev–Trinajstić information content (AvgIpc) is 1.97. The van der Waals surface area contributed by atoms with Crippen LogP contribution in [0.2, 0.25) is 15.2 Å². The molecule has 0 N–H and O–H groups in total. The van der Waals surface area contributed by atoms with E-state index in [1.807, 2.05) is 0 Å². The first-order chi connectivity index (χ1) is 5.54. The molecule has 0 aliphatic heterocycles. The molecule has 0 aliphatic carbocycles. The molecule has 64 valence electrons. The Labute approximate surface area is 82.2 Å². The van der Waals surface area contributed by atoms with Gasteiger partial charge < -0.3 is 0 Å². The van der Waals surface area contributed by atoms with E-state index < -0.39 is 10.6 Å². The van der Waals surface area contributed by atoms with Crippen LogP contribution in [0.4, 0.5) is 5.69 Å². The minimum Gasteiger partial charge on any atom is -0.258 e. The fourth-order valence-corrected chi connectivity index (χ4v) is 1.20. The largest absolute Gasteiger partial charge is 0.326 e. The van der Waals surface area contributed by atoms with Crippen LogP contribution in [-0.4, -0.2) is 9.91 Å². The normalized spacial score (nSPS) is 9.92. The van der Waals surface area contributed by atoms with Crippen LogP contribution in [-0.2, 0) is 0 Å². The highest BCUT2D eigenvalue weighted by Gasteiger charge is 2.21. The highest BCUT2D eigenvalue weighted by molar-refractivity contribution is 6.44. The second kappa shape index (κ2) is 3.43. The number of halogens is 3. The third-order valence-corrected chi connectivity index (χ3v) is 2.13. The van der Waals surface area contributed by atoms with Gasteiger partial charge in [-0.15, -0.1) is 0 Å². The lowest BCUT2D eigenvalue weighted by atomic mass is 10.4. The standard InChI is InChI=1S/C5HCl3N2O2/c6-2-1-9-5(8)4(3(2)7)10(11)12/h1H. The number of hydrogen-bond acceptors (Lipinski definition) is 3. The molecule has 0 radical (unpaired) electrons. The quantitative estimate of drug-likeness (QED) is 0.421. The highest BCUT2D eigenvalue weighted by Crippen LogP contribution is 2.35. The molecule has 0 aromatic carbocycles. The summed E-state index contributed by atoms with van der Waals surface area (Å²) in [6, 6.07) is 0. The van der Waals surface area contributed by atoms with Crippen molar-refractivity contribution in [3.05, 3.63) is 31.5 Å². The Hall–Kier alpha value is -0.580. The summed E-state index contributed by atoms with van der Waals surface area (Å²) in [7, 11) is 0. The van der Waals surface area contributed by atoms with Gasteiger partial charge in [-0.25, -0.2) is 4.98 Å². The molecule has 0 aliphatic rings. The lowest BCUT2D eigenvalue weighted by molar-refractivity contribution is -0.384. The van der Waals surface area contributed by atoms with Gasteiger partial charge in [0, 0.05) is 6.20 Å². The van der Waals surface area contributed by atoms with Crippen LogP contribution >= 0.6 is 34.8 Å². The van der Waals surface area contributed by atoms with Crippen molar-refractivity contribution in [2.75, 3.05) is 0 Å². The zero-order valence-corrected chi connectivity index (χ0v) is 7.69. The van der Waals surface area contributed by atoms with Crippen molar-refractivity contribution in [2.45, 2.75) is 0 Å². The Kier molecular flexibility index (Phi) is 2.72. The maximum absolute atomic E-state index is 10.3. The van der Waals surface area contributed by atoms with E-state index in [2.05, 4.69) is 4.98 Å². The molecule has 0 amide bonds. The maximum atomic E-state index is 10.3. The molecule has 1 heterocycles. The summed E-state index contributed by atoms with van der Waals surface area (Å²) < 4.78 is 0. The number of nitro groups is 1. The summed E-state index contributed by atoms with van der Waals surface area (Å²) in [5.41, 5.74) is -0.467. The summed E-state index contributed by atoms with van der Waals surface area (Å²) >= 11 is 16.4. The molecule has 0 spiro atoms. The zero-order chi connectivity index (χ0) is 9.30. The van der Waals surface area contributed by atoms with Gasteiger partial charge in [0.05, 0.1) is 9.95 Å². The number of nitrogens with zero attached hydrogens (tertiary/aromatic N) is 2. The van der Waals surface area contributed by atoms with Crippen LogP contribution in [0.25, 0.3) is 0 Å². The zero-order valence-electron chi connectivity index (χ0n) is 5.42. The fraction of sp³-hybridized carbons (Fsp3) is 0. The highest BCUT2D eigenvalue weighted by atomic mass is 35.5. The van der Waals surface area contributed by atoms with Crippen LogP contribution in [0.15, 0.2) is 6.20 Å². The Morgan fingerprint density at radius 1 is 1.42 bits per heavy atom. The van der Waals surface area contributed by atoms with Crippen LogP contribution in [0.3, 0.4) is 0 Å². The minimum absolute atomic E-state index is 0.00719. The molecule has 0 unspecified atom stereocenters. The van der Waals surface area contributed by atoms with Crippen LogP contribution in [0.1, 0.15) is 0 Å². The first-order valence-corrected chi connectivity index (χ1v) is 3.81. The summed E-state index contributed by atoms with van der Waals surface area (Å²) in [5.74, 6) is 0. The van der Waals surface area contributed by atoms with Gasteiger partial charge in [0.25, 0.3) is 0 Å². The number of hydrogen-bond donors (Lipinski definition) is 0. The maximum Gasteiger partial charge on any atom is 0.326 e. The van der Waals surface area contributed by atoms with Crippen molar-refractivity contribution >= 4 is 40.5 Å². The van der Waals surface area contributed by atoms with Gasteiger partial charge in [0.2, 0.25) is 5.15 Å². The van der Waals surface area contributed by atoms with Crippen LogP contribution in [0.5, 0.6) is 0 Å². The smallest absolute Gasteiger partial charge is 0.258 e. The Morgan fingerprint density at radius 3 is 2.42 bits per heavy atom. The summed E-state index contributed by atoms with van der Waals surface area (Å²) in [4.78, 5) is 13.1.